The van der Waals surface area contributed by atoms with Gasteiger partial charge in [0.15, 0.2) is 5.78 Å². The van der Waals surface area contributed by atoms with Crippen molar-refractivity contribution in [1.82, 2.24) is 4.57 Å². The number of nitrogens with zero attached hydrogens (tertiary/aromatic N) is 4. The molecule has 37 heavy (non-hydrogen) atoms. The molecule has 0 saturated carbocycles. The number of fused-ring (bicyclic) bond motifs is 3. The van der Waals surface area contributed by atoms with Crippen molar-refractivity contribution in [3.63, 3.8) is 0 Å². The Kier molecular flexibility index (Phi) is 5.40. The third-order valence-electron chi connectivity index (χ3n) is 7.34. The number of amides is 1. The van der Waals surface area contributed by atoms with Crippen LogP contribution in [0.3, 0.4) is 0 Å². The maximum Gasteiger partial charge on any atom is 0.248 e. The predicted molar refractivity (Wildman–Crippen MR) is 144 cm³/mol. The first kappa shape index (κ1) is 23.1. The molecular formula is C30H23ClN4O2. The molecule has 3 heterocycles. The molecule has 3 aliphatic rings. The van der Waals surface area contributed by atoms with Crippen LogP contribution in [0.2, 0.25) is 5.02 Å². The number of rotatable bonds is 4. The maximum absolute atomic E-state index is 14.6. The highest BCUT2D eigenvalue weighted by atomic mass is 35.5. The summed E-state index contributed by atoms with van der Waals surface area (Å²) in [7, 11) is 0. The van der Waals surface area contributed by atoms with E-state index in [1.54, 1.807) is 17.0 Å². The minimum atomic E-state index is -1.55. The molecule has 0 unspecified atom stereocenters. The number of allylic oxidation sites excluding steroid dienone is 1. The number of carbonyl (C=O) groups is 2. The van der Waals surface area contributed by atoms with Crippen molar-refractivity contribution in [1.29, 1.82) is 5.26 Å². The number of hydrogen-bond acceptors (Lipinski definition) is 4. The van der Waals surface area contributed by atoms with E-state index in [4.69, 9.17) is 11.6 Å². The first-order chi connectivity index (χ1) is 18.0. The van der Waals surface area contributed by atoms with Crippen molar-refractivity contribution in [3.8, 4) is 6.07 Å². The average molecular weight is 507 g/mol. The molecule has 182 valence electrons. The van der Waals surface area contributed by atoms with Crippen LogP contribution in [0.5, 0.6) is 0 Å². The van der Waals surface area contributed by atoms with E-state index < -0.39 is 5.41 Å². The van der Waals surface area contributed by atoms with Gasteiger partial charge in [0, 0.05) is 58.6 Å². The van der Waals surface area contributed by atoms with Crippen LogP contribution < -0.4 is 9.80 Å². The maximum atomic E-state index is 14.6. The summed E-state index contributed by atoms with van der Waals surface area (Å²) in [5.74, 6) is 0.103. The zero-order chi connectivity index (χ0) is 25.7. The van der Waals surface area contributed by atoms with E-state index in [0.29, 0.717) is 46.9 Å². The van der Waals surface area contributed by atoms with Crippen LogP contribution in [-0.2, 0) is 15.0 Å². The van der Waals surface area contributed by atoms with Crippen molar-refractivity contribution in [2.45, 2.75) is 24.7 Å². The van der Waals surface area contributed by atoms with Crippen LogP contribution >= 0.6 is 11.6 Å². The van der Waals surface area contributed by atoms with Gasteiger partial charge in [0.1, 0.15) is 17.3 Å². The van der Waals surface area contributed by atoms with Gasteiger partial charge in [-0.05, 0) is 49.2 Å². The van der Waals surface area contributed by atoms with E-state index in [1.807, 2.05) is 76.5 Å². The molecule has 6 rings (SSSR count). The number of anilines is 2. The molecule has 1 amide bonds. The molecular weight excluding hydrogens is 484 g/mol. The Morgan fingerprint density at radius 1 is 1.05 bits per heavy atom. The van der Waals surface area contributed by atoms with Crippen LogP contribution in [0, 0.1) is 11.3 Å². The Labute approximate surface area is 220 Å². The number of benzene rings is 2. The van der Waals surface area contributed by atoms with Gasteiger partial charge in [-0.2, -0.15) is 5.26 Å². The Hall–Kier alpha value is -4.34. The standard InChI is InChI=1S/C30H23ClN4O2/c1-2-15-34-24-12-4-3-11-22(24)30(29(34)37)23(19-32)28(33-16-5-6-17-33)35(21-10-7-9-20(31)18-21)25-13-8-14-26(36)27(25)30/h2-7,9-12,16-18H,1,8,13-15H2/t30-/m0/s1. The largest absolute Gasteiger partial charge is 0.309 e. The molecule has 2 aromatic carbocycles. The zero-order valence-electron chi connectivity index (χ0n) is 20.0. The minimum Gasteiger partial charge on any atom is -0.309 e. The van der Waals surface area contributed by atoms with Crippen molar-refractivity contribution in [3.05, 3.63) is 113 Å². The number of halogens is 1. The lowest BCUT2D eigenvalue weighted by Crippen LogP contribution is -2.51. The van der Waals surface area contributed by atoms with E-state index in [0.717, 1.165) is 11.4 Å². The van der Waals surface area contributed by atoms with Gasteiger partial charge in [-0.25, -0.2) is 0 Å². The lowest BCUT2D eigenvalue weighted by Gasteiger charge is -2.45. The normalized spacial score (nSPS) is 20.9. The first-order valence-electron chi connectivity index (χ1n) is 12.2. The Bertz CT molecular complexity index is 1580. The molecule has 1 aliphatic carbocycles. The summed E-state index contributed by atoms with van der Waals surface area (Å²) in [5, 5.41) is 11.4. The lowest BCUT2D eigenvalue weighted by atomic mass is 9.63. The van der Waals surface area contributed by atoms with E-state index >= 15 is 0 Å². The second-order valence-corrected chi connectivity index (χ2v) is 9.72. The topological polar surface area (TPSA) is 69.3 Å². The highest BCUT2D eigenvalue weighted by Gasteiger charge is 2.62. The number of nitriles is 1. The molecule has 7 heteroatoms. The number of hydrogen-bond donors (Lipinski definition) is 0. The first-order valence-corrected chi connectivity index (χ1v) is 12.5. The Morgan fingerprint density at radius 3 is 2.57 bits per heavy atom. The number of carbonyl (C=O) groups excluding carboxylic acids is 2. The van der Waals surface area contributed by atoms with Gasteiger partial charge >= 0.3 is 0 Å². The van der Waals surface area contributed by atoms with E-state index in [1.165, 1.54) is 0 Å². The second-order valence-electron chi connectivity index (χ2n) is 9.29. The number of Topliss-reactive ketones (excluding diaryl/α,β-unsaturated/α-hetero) is 1. The summed E-state index contributed by atoms with van der Waals surface area (Å²) in [4.78, 5) is 32.0. The van der Waals surface area contributed by atoms with E-state index in [9.17, 15) is 14.9 Å². The fraction of sp³-hybridized carbons (Fsp3) is 0.167. The smallest absolute Gasteiger partial charge is 0.248 e. The van der Waals surface area contributed by atoms with Crippen LogP contribution in [0.15, 0.2) is 103 Å². The summed E-state index contributed by atoms with van der Waals surface area (Å²) >= 11 is 6.41. The Balaban J connectivity index is 1.79. The van der Waals surface area contributed by atoms with Gasteiger partial charge in [0.05, 0.1) is 5.57 Å². The number of ketones is 1. The third-order valence-corrected chi connectivity index (χ3v) is 7.58. The molecule has 0 saturated heterocycles. The average Bonchev–Trinajstić information content (AvgIpc) is 3.52. The van der Waals surface area contributed by atoms with Gasteiger partial charge in [0.2, 0.25) is 5.91 Å². The zero-order valence-corrected chi connectivity index (χ0v) is 20.8. The molecule has 0 radical (unpaired) electrons. The lowest BCUT2D eigenvalue weighted by molar-refractivity contribution is -0.124. The quantitative estimate of drug-likeness (QED) is 0.417. The summed E-state index contributed by atoms with van der Waals surface area (Å²) in [6, 6.07) is 20.9. The highest BCUT2D eigenvalue weighted by molar-refractivity contribution is 6.31. The summed E-state index contributed by atoms with van der Waals surface area (Å²) in [6.07, 6.45) is 6.91. The van der Waals surface area contributed by atoms with E-state index in [2.05, 4.69) is 12.6 Å². The molecule has 0 bridgehead atoms. The van der Waals surface area contributed by atoms with E-state index in [-0.39, 0.29) is 23.8 Å². The van der Waals surface area contributed by atoms with Gasteiger partial charge < -0.3 is 9.47 Å². The Morgan fingerprint density at radius 2 is 1.84 bits per heavy atom. The minimum absolute atomic E-state index is 0.115. The van der Waals surface area contributed by atoms with Crippen molar-refractivity contribution < 1.29 is 9.59 Å². The molecule has 6 nitrogen and oxygen atoms in total. The summed E-state index contributed by atoms with van der Waals surface area (Å²) < 4.78 is 1.84. The number of aromatic nitrogens is 1. The van der Waals surface area contributed by atoms with Crippen LogP contribution in [0.1, 0.15) is 24.8 Å². The van der Waals surface area contributed by atoms with Gasteiger partial charge in [0.25, 0.3) is 0 Å². The highest BCUT2D eigenvalue weighted by Crippen LogP contribution is 2.58. The molecule has 1 atom stereocenters. The second kappa shape index (κ2) is 8.65. The van der Waals surface area contributed by atoms with Crippen molar-refractivity contribution in [2.24, 2.45) is 0 Å². The molecule has 2 aliphatic heterocycles. The van der Waals surface area contributed by atoms with Gasteiger partial charge in [-0.15, -0.1) is 6.58 Å². The fourth-order valence-electron chi connectivity index (χ4n) is 6.00. The van der Waals surface area contributed by atoms with Crippen LogP contribution in [0.25, 0.3) is 5.82 Å². The van der Waals surface area contributed by atoms with Crippen molar-refractivity contribution in [2.75, 3.05) is 16.3 Å². The SMILES string of the molecule is C=CCN1C(=O)[C@]2(C(C#N)=C(n3cccc3)N(c3cccc(Cl)c3)C3=C2C(=O)CCC3)c2ccccc21. The number of para-hydroxylation sites is 1. The third kappa shape index (κ3) is 3.11. The van der Waals surface area contributed by atoms with Gasteiger partial charge in [-0.3, -0.25) is 14.5 Å². The monoisotopic (exact) mass is 506 g/mol. The van der Waals surface area contributed by atoms with Crippen LogP contribution in [-0.4, -0.2) is 22.8 Å². The van der Waals surface area contributed by atoms with Gasteiger partial charge in [-0.1, -0.05) is 41.9 Å². The molecule has 1 spiro atoms. The molecule has 1 aromatic heterocycles. The molecule has 0 N–H and O–H groups in total. The summed E-state index contributed by atoms with van der Waals surface area (Å²) in [5.41, 5.74) is 1.84. The summed E-state index contributed by atoms with van der Waals surface area (Å²) in [6.45, 7) is 4.11. The molecule has 0 fully saturated rings. The molecule has 3 aromatic rings. The van der Waals surface area contributed by atoms with Crippen LogP contribution in [0.4, 0.5) is 11.4 Å². The predicted octanol–water partition coefficient (Wildman–Crippen LogP) is 5.83. The van der Waals surface area contributed by atoms with Crippen molar-refractivity contribution >= 4 is 40.5 Å². The fourth-order valence-corrected chi connectivity index (χ4v) is 6.19.